The summed E-state index contributed by atoms with van der Waals surface area (Å²) in [6.45, 7) is 7.27. The number of para-hydroxylation sites is 1. The minimum atomic E-state index is -1.82. The van der Waals surface area contributed by atoms with Crippen LogP contribution in [0.2, 0.25) is 0 Å². The largest absolute Gasteiger partial charge is 0.473 e. The third-order valence-corrected chi connectivity index (χ3v) is 5.60. The second-order valence-electron chi connectivity index (χ2n) is 7.73. The first-order valence-electron chi connectivity index (χ1n) is 9.92. The predicted molar refractivity (Wildman–Crippen MR) is 107 cm³/mol. The van der Waals surface area contributed by atoms with Gasteiger partial charge >= 0.3 is 11.9 Å². The van der Waals surface area contributed by atoms with E-state index < -0.39 is 11.9 Å². The molecule has 0 radical (unpaired) electrons. The van der Waals surface area contributed by atoms with E-state index in [0.717, 1.165) is 43.7 Å². The normalized spacial score (nSPS) is 22.9. The number of aliphatic carboxylic acids is 2. The van der Waals surface area contributed by atoms with Crippen LogP contribution in [0, 0.1) is 16.0 Å². The monoisotopic (exact) mass is 407 g/mol. The summed E-state index contributed by atoms with van der Waals surface area (Å²) in [4.78, 5) is 34.1. The molecule has 1 aromatic carbocycles. The van der Waals surface area contributed by atoms with Gasteiger partial charge < -0.3 is 10.2 Å². The molecular formula is C20H29N3O6. The van der Waals surface area contributed by atoms with E-state index in [1.54, 1.807) is 12.1 Å². The standard InChI is InChI=1S/C18H27N3O2.C2H2O4/c1-15-5-4-7-17(13-15)20-11-9-19(10-12-20)14-16-6-2-3-8-18(16)21(22)23;3-1(4)2(5)6/h2-3,6,8,15,17H,4-5,7,9-14H2,1H3;(H,3,4)(H,5,6). The molecule has 1 saturated heterocycles. The molecule has 0 aromatic heterocycles. The lowest BCUT2D eigenvalue weighted by atomic mass is 9.86. The first-order chi connectivity index (χ1) is 13.8. The van der Waals surface area contributed by atoms with Crippen LogP contribution in [0.3, 0.4) is 0 Å². The lowest BCUT2D eigenvalue weighted by Gasteiger charge is -2.42. The van der Waals surface area contributed by atoms with Gasteiger partial charge in [0.25, 0.3) is 5.69 Å². The van der Waals surface area contributed by atoms with E-state index in [9.17, 15) is 10.1 Å². The summed E-state index contributed by atoms with van der Waals surface area (Å²) in [5.41, 5.74) is 1.08. The van der Waals surface area contributed by atoms with Crippen molar-refractivity contribution in [3.8, 4) is 0 Å². The second kappa shape index (κ2) is 10.9. The number of hydrogen-bond donors (Lipinski definition) is 2. The minimum Gasteiger partial charge on any atom is -0.473 e. The minimum absolute atomic E-state index is 0.246. The van der Waals surface area contributed by atoms with Gasteiger partial charge in [-0.05, 0) is 18.8 Å². The van der Waals surface area contributed by atoms with Gasteiger partial charge in [0.2, 0.25) is 0 Å². The Morgan fingerprint density at radius 2 is 1.72 bits per heavy atom. The first kappa shape index (κ1) is 22.8. The highest BCUT2D eigenvalue weighted by Crippen LogP contribution is 2.28. The first-order valence-corrected chi connectivity index (χ1v) is 9.92. The third kappa shape index (κ3) is 7.10. The number of nitro benzene ring substituents is 1. The van der Waals surface area contributed by atoms with Crippen LogP contribution >= 0.6 is 0 Å². The van der Waals surface area contributed by atoms with E-state index >= 15 is 0 Å². The molecule has 3 rings (SSSR count). The molecule has 0 bridgehead atoms. The van der Waals surface area contributed by atoms with Crippen molar-refractivity contribution >= 4 is 17.6 Å². The average molecular weight is 407 g/mol. The number of piperazine rings is 1. The van der Waals surface area contributed by atoms with Gasteiger partial charge in [-0.1, -0.05) is 38.0 Å². The molecule has 29 heavy (non-hydrogen) atoms. The highest BCUT2D eigenvalue weighted by Gasteiger charge is 2.28. The summed E-state index contributed by atoms with van der Waals surface area (Å²) in [6.07, 6.45) is 5.43. The Kier molecular flexibility index (Phi) is 8.53. The molecule has 0 amide bonds. The van der Waals surface area contributed by atoms with Crippen molar-refractivity contribution in [3.05, 3.63) is 39.9 Å². The predicted octanol–water partition coefficient (Wildman–Crippen LogP) is 2.45. The van der Waals surface area contributed by atoms with Crippen LogP contribution in [0.1, 0.15) is 38.2 Å². The van der Waals surface area contributed by atoms with Crippen molar-refractivity contribution in [2.75, 3.05) is 26.2 Å². The number of carboxylic acids is 2. The molecule has 9 heteroatoms. The molecule has 0 spiro atoms. The maximum atomic E-state index is 11.1. The Morgan fingerprint density at radius 1 is 1.10 bits per heavy atom. The molecule has 1 heterocycles. The molecule has 2 atom stereocenters. The lowest BCUT2D eigenvalue weighted by molar-refractivity contribution is -0.385. The smallest absolute Gasteiger partial charge is 0.414 e. The maximum absolute atomic E-state index is 11.1. The highest BCUT2D eigenvalue weighted by molar-refractivity contribution is 6.27. The number of carboxylic acid groups (broad SMARTS) is 2. The Bertz CT molecular complexity index is 706. The number of hydrogen-bond acceptors (Lipinski definition) is 6. The molecule has 1 aliphatic heterocycles. The quantitative estimate of drug-likeness (QED) is 0.443. The van der Waals surface area contributed by atoms with Gasteiger partial charge in [0.15, 0.2) is 0 Å². The number of nitro groups is 1. The zero-order valence-corrected chi connectivity index (χ0v) is 16.7. The van der Waals surface area contributed by atoms with Crippen LogP contribution < -0.4 is 0 Å². The molecule has 2 fully saturated rings. The number of carbonyl (C=O) groups is 2. The van der Waals surface area contributed by atoms with Gasteiger partial charge in [-0.25, -0.2) is 9.59 Å². The van der Waals surface area contributed by atoms with Crippen LogP contribution in [0.4, 0.5) is 5.69 Å². The van der Waals surface area contributed by atoms with Gasteiger partial charge in [-0.2, -0.15) is 0 Å². The zero-order valence-electron chi connectivity index (χ0n) is 16.7. The van der Waals surface area contributed by atoms with E-state index in [0.29, 0.717) is 6.54 Å². The van der Waals surface area contributed by atoms with Crippen LogP contribution in [0.15, 0.2) is 24.3 Å². The Balaban J connectivity index is 0.000000438. The van der Waals surface area contributed by atoms with Crippen LogP contribution in [-0.4, -0.2) is 69.1 Å². The summed E-state index contributed by atoms with van der Waals surface area (Å²) in [6, 6.07) is 7.88. The summed E-state index contributed by atoms with van der Waals surface area (Å²) >= 11 is 0. The number of nitrogens with zero attached hydrogens (tertiary/aromatic N) is 3. The summed E-state index contributed by atoms with van der Waals surface area (Å²) in [5, 5.41) is 25.9. The molecule has 2 aliphatic rings. The number of benzene rings is 1. The van der Waals surface area contributed by atoms with E-state index in [1.807, 2.05) is 12.1 Å². The van der Waals surface area contributed by atoms with Crippen molar-refractivity contribution < 1.29 is 24.7 Å². The molecular weight excluding hydrogens is 378 g/mol. The van der Waals surface area contributed by atoms with Gasteiger partial charge in [0, 0.05) is 50.4 Å². The van der Waals surface area contributed by atoms with Crippen molar-refractivity contribution in [1.29, 1.82) is 0 Å². The van der Waals surface area contributed by atoms with Crippen LogP contribution in [-0.2, 0) is 16.1 Å². The van der Waals surface area contributed by atoms with Gasteiger partial charge in [-0.15, -0.1) is 0 Å². The summed E-state index contributed by atoms with van der Waals surface area (Å²) in [7, 11) is 0. The van der Waals surface area contributed by atoms with Gasteiger partial charge in [0.05, 0.1) is 4.92 Å². The fourth-order valence-electron chi connectivity index (χ4n) is 4.08. The SMILES string of the molecule is CC1CCCC(N2CCN(Cc3ccccc3[N+](=O)[O-])CC2)C1.O=C(O)C(=O)O. The lowest BCUT2D eigenvalue weighted by Crippen LogP contribution is -2.50. The molecule has 1 aromatic rings. The van der Waals surface area contributed by atoms with Crippen molar-refractivity contribution in [3.63, 3.8) is 0 Å². The van der Waals surface area contributed by atoms with Crippen LogP contribution in [0.5, 0.6) is 0 Å². The molecule has 2 unspecified atom stereocenters. The molecule has 160 valence electrons. The summed E-state index contributed by atoms with van der Waals surface area (Å²) < 4.78 is 0. The fourth-order valence-corrected chi connectivity index (χ4v) is 4.08. The maximum Gasteiger partial charge on any atom is 0.414 e. The molecule has 1 saturated carbocycles. The van der Waals surface area contributed by atoms with E-state index in [2.05, 4.69) is 16.7 Å². The summed E-state index contributed by atoms with van der Waals surface area (Å²) in [5.74, 6) is -2.79. The van der Waals surface area contributed by atoms with Crippen LogP contribution in [0.25, 0.3) is 0 Å². The third-order valence-electron chi connectivity index (χ3n) is 5.60. The van der Waals surface area contributed by atoms with Gasteiger partial charge in [-0.3, -0.25) is 19.9 Å². The highest BCUT2D eigenvalue weighted by atomic mass is 16.6. The Morgan fingerprint density at radius 3 is 2.28 bits per heavy atom. The fraction of sp³-hybridized carbons (Fsp3) is 0.600. The molecule has 2 N–H and O–H groups in total. The molecule has 9 nitrogen and oxygen atoms in total. The van der Waals surface area contributed by atoms with Crippen molar-refractivity contribution in [1.82, 2.24) is 9.80 Å². The molecule has 1 aliphatic carbocycles. The number of rotatable bonds is 4. The van der Waals surface area contributed by atoms with Crippen molar-refractivity contribution in [2.24, 2.45) is 5.92 Å². The topological polar surface area (TPSA) is 124 Å². The Hall–Kier alpha value is -2.52. The van der Waals surface area contributed by atoms with E-state index in [1.165, 1.54) is 25.7 Å². The second-order valence-corrected chi connectivity index (χ2v) is 7.73. The van der Waals surface area contributed by atoms with Crippen molar-refractivity contribution in [2.45, 2.75) is 45.2 Å². The average Bonchev–Trinajstić information content (AvgIpc) is 2.69. The Labute approximate surface area is 170 Å². The van der Waals surface area contributed by atoms with Gasteiger partial charge in [0.1, 0.15) is 0 Å². The van der Waals surface area contributed by atoms with E-state index in [-0.39, 0.29) is 10.6 Å². The van der Waals surface area contributed by atoms with E-state index in [4.69, 9.17) is 19.8 Å². The zero-order chi connectivity index (χ0) is 21.4.